The second-order valence-electron chi connectivity index (χ2n) is 3.17. The summed E-state index contributed by atoms with van der Waals surface area (Å²) < 4.78 is 0. The molecule has 0 saturated heterocycles. The van der Waals surface area contributed by atoms with Crippen LogP contribution in [0.15, 0.2) is 43.1 Å². The third kappa shape index (κ3) is 3.05. The van der Waals surface area contributed by atoms with Crippen molar-refractivity contribution in [3.05, 3.63) is 48.7 Å². The van der Waals surface area contributed by atoms with Crippen LogP contribution >= 0.6 is 0 Å². The van der Waals surface area contributed by atoms with E-state index in [2.05, 4.69) is 6.58 Å². The van der Waals surface area contributed by atoms with Gasteiger partial charge in [-0.15, -0.1) is 0 Å². The van der Waals surface area contributed by atoms with Crippen LogP contribution in [0.5, 0.6) is 0 Å². The van der Waals surface area contributed by atoms with Gasteiger partial charge in [0.2, 0.25) is 5.91 Å². The number of carbonyl (C=O) groups is 1. The molecule has 74 valence electrons. The van der Waals surface area contributed by atoms with Crippen LogP contribution in [-0.4, -0.2) is 17.9 Å². The van der Waals surface area contributed by atoms with Gasteiger partial charge < -0.3 is 4.90 Å². The maximum atomic E-state index is 11.4. The normalized spacial score (nSPS) is 9.50. The Morgan fingerprint density at radius 3 is 2.64 bits per heavy atom. The van der Waals surface area contributed by atoms with Gasteiger partial charge >= 0.3 is 0 Å². The van der Waals surface area contributed by atoms with Crippen LogP contribution < -0.4 is 0 Å². The number of nitrogens with zero attached hydrogens (tertiary/aromatic N) is 1. The molecule has 1 aromatic rings. The Hall–Kier alpha value is -1.57. The Kier molecular flexibility index (Phi) is 3.92. The molecule has 2 heteroatoms. The molecule has 0 aliphatic rings. The first kappa shape index (κ1) is 10.5. The first-order chi connectivity index (χ1) is 6.74. The maximum Gasteiger partial charge on any atom is 0.226 e. The highest BCUT2D eigenvalue weighted by Gasteiger charge is 2.04. The lowest BCUT2D eigenvalue weighted by atomic mass is 10.1. The monoisotopic (exact) mass is 189 g/mol. The number of benzene rings is 1. The molecule has 0 saturated carbocycles. The average Bonchev–Trinajstić information content (AvgIpc) is 2.26. The van der Waals surface area contributed by atoms with Gasteiger partial charge in [-0.3, -0.25) is 4.79 Å². The molecule has 0 aliphatic carbocycles. The van der Waals surface area contributed by atoms with Crippen LogP contribution in [0.2, 0.25) is 0 Å². The van der Waals surface area contributed by atoms with E-state index in [0.29, 0.717) is 6.42 Å². The molecule has 0 heterocycles. The van der Waals surface area contributed by atoms with Gasteiger partial charge in [0.05, 0.1) is 0 Å². The zero-order valence-electron chi connectivity index (χ0n) is 8.44. The number of amides is 1. The topological polar surface area (TPSA) is 20.3 Å². The lowest BCUT2D eigenvalue weighted by Crippen LogP contribution is -2.20. The molecule has 0 aromatic heterocycles. The maximum absolute atomic E-state index is 11.4. The molecule has 0 atom stereocenters. The van der Waals surface area contributed by atoms with E-state index in [-0.39, 0.29) is 5.91 Å². The summed E-state index contributed by atoms with van der Waals surface area (Å²) in [6, 6.07) is 10.00. The third-order valence-corrected chi connectivity index (χ3v) is 2.14. The summed E-state index contributed by atoms with van der Waals surface area (Å²) in [7, 11) is 1.72. The molecule has 1 aromatic carbocycles. The van der Waals surface area contributed by atoms with Crippen molar-refractivity contribution in [1.29, 1.82) is 0 Å². The minimum atomic E-state index is 0.101. The molecule has 0 unspecified atom stereocenters. The van der Waals surface area contributed by atoms with E-state index in [0.717, 1.165) is 6.42 Å². The molecule has 0 fully saturated rings. The second kappa shape index (κ2) is 5.22. The molecule has 0 N–H and O–H groups in total. The summed E-state index contributed by atoms with van der Waals surface area (Å²) in [6.45, 7) is 3.54. The summed E-state index contributed by atoms with van der Waals surface area (Å²) >= 11 is 0. The van der Waals surface area contributed by atoms with Gasteiger partial charge in [0, 0.05) is 13.5 Å². The highest BCUT2D eigenvalue weighted by molar-refractivity contribution is 5.77. The van der Waals surface area contributed by atoms with E-state index < -0.39 is 0 Å². The summed E-state index contributed by atoms with van der Waals surface area (Å²) in [5.41, 5.74) is 1.19. The zero-order chi connectivity index (χ0) is 10.4. The van der Waals surface area contributed by atoms with Gasteiger partial charge in [0.15, 0.2) is 0 Å². The van der Waals surface area contributed by atoms with Crippen LogP contribution in [0.1, 0.15) is 12.0 Å². The number of carbonyl (C=O) groups excluding carboxylic acids is 1. The number of hydrogen-bond donors (Lipinski definition) is 0. The Morgan fingerprint density at radius 2 is 2.07 bits per heavy atom. The first-order valence-corrected chi connectivity index (χ1v) is 4.66. The van der Waals surface area contributed by atoms with Crippen molar-refractivity contribution in [1.82, 2.24) is 4.90 Å². The molecule has 0 aliphatic heterocycles. The van der Waals surface area contributed by atoms with Crippen molar-refractivity contribution in [3.8, 4) is 0 Å². The fraction of sp³-hybridized carbons (Fsp3) is 0.250. The molecule has 0 bridgehead atoms. The fourth-order valence-electron chi connectivity index (χ4n) is 1.17. The van der Waals surface area contributed by atoms with Crippen molar-refractivity contribution in [3.63, 3.8) is 0 Å². The van der Waals surface area contributed by atoms with E-state index in [1.54, 1.807) is 7.05 Å². The van der Waals surface area contributed by atoms with E-state index in [1.165, 1.54) is 16.7 Å². The van der Waals surface area contributed by atoms with Gasteiger partial charge in [-0.2, -0.15) is 0 Å². The van der Waals surface area contributed by atoms with Crippen molar-refractivity contribution in [2.75, 3.05) is 7.05 Å². The first-order valence-electron chi connectivity index (χ1n) is 4.66. The number of rotatable bonds is 4. The Labute approximate surface area is 84.9 Å². The zero-order valence-corrected chi connectivity index (χ0v) is 8.44. The standard InChI is InChI=1S/C12H15NO/c1-3-13(2)12(14)10-9-11-7-5-4-6-8-11/h3-8H,1,9-10H2,2H3. The van der Waals surface area contributed by atoms with Crippen molar-refractivity contribution < 1.29 is 4.79 Å². The van der Waals surface area contributed by atoms with E-state index >= 15 is 0 Å². The molecule has 1 rings (SSSR count). The average molecular weight is 189 g/mol. The van der Waals surface area contributed by atoms with Crippen LogP contribution in [0.3, 0.4) is 0 Å². The molecular weight excluding hydrogens is 174 g/mol. The SMILES string of the molecule is C=CN(C)C(=O)CCc1ccccc1. The van der Waals surface area contributed by atoms with Gasteiger partial charge in [-0.1, -0.05) is 36.9 Å². The van der Waals surface area contributed by atoms with Gasteiger partial charge in [0.25, 0.3) is 0 Å². The summed E-state index contributed by atoms with van der Waals surface area (Å²) in [5, 5.41) is 0. The largest absolute Gasteiger partial charge is 0.323 e. The summed E-state index contributed by atoms with van der Waals surface area (Å²) in [6.07, 6.45) is 2.86. The molecule has 0 radical (unpaired) electrons. The Morgan fingerprint density at radius 1 is 1.43 bits per heavy atom. The fourth-order valence-corrected chi connectivity index (χ4v) is 1.17. The van der Waals surface area contributed by atoms with Crippen molar-refractivity contribution >= 4 is 5.91 Å². The molecule has 1 amide bonds. The highest BCUT2D eigenvalue weighted by Crippen LogP contribution is 2.03. The van der Waals surface area contributed by atoms with Gasteiger partial charge in [-0.05, 0) is 18.2 Å². The van der Waals surface area contributed by atoms with Crippen molar-refractivity contribution in [2.24, 2.45) is 0 Å². The lowest BCUT2D eigenvalue weighted by Gasteiger charge is -2.10. The predicted molar refractivity (Wildman–Crippen MR) is 57.7 cm³/mol. The van der Waals surface area contributed by atoms with E-state index in [9.17, 15) is 4.79 Å². The quantitative estimate of drug-likeness (QED) is 0.711. The minimum absolute atomic E-state index is 0.101. The molecule has 0 spiro atoms. The second-order valence-corrected chi connectivity index (χ2v) is 3.17. The summed E-state index contributed by atoms with van der Waals surface area (Å²) in [5.74, 6) is 0.101. The smallest absolute Gasteiger partial charge is 0.226 e. The van der Waals surface area contributed by atoms with Gasteiger partial charge in [-0.25, -0.2) is 0 Å². The molecule has 2 nitrogen and oxygen atoms in total. The number of hydrogen-bond acceptors (Lipinski definition) is 1. The number of aryl methyl sites for hydroxylation is 1. The lowest BCUT2D eigenvalue weighted by molar-refractivity contribution is -0.127. The predicted octanol–water partition coefficient (Wildman–Crippen LogP) is 2.22. The minimum Gasteiger partial charge on any atom is -0.323 e. The van der Waals surface area contributed by atoms with Crippen LogP contribution in [0.25, 0.3) is 0 Å². The van der Waals surface area contributed by atoms with Crippen LogP contribution in [0.4, 0.5) is 0 Å². The van der Waals surface area contributed by atoms with E-state index in [4.69, 9.17) is 0 Å². The van der Waals surface area contributed by atoms with Gasteiger partial charge in [0.1, 0.15) is 0 Å². The Balaban J connectivity index is 2.42. The molecular formula is C12H15NO. The molecule has 14 heavy (non-hydrogen) atoms. The van der Waals surface area contributed by atoms with Crippen LogP contribution in [0, 0.1) is 0 Å². The highest BCUT2D eigenvalue weighted by atomic mass is 16.2. The van der Waals surface area contributed by atoms with Crippen molar-refractivity contribution in [2.45, 2.75) is 12.8 Å². The van der Waals surface area contributed by atoms with Crippen LogP contribution in [-0.2, 0) is 11.2 Å². The Bertz CT molecular complexity index is 305. The third-order valence-electron chi connectivity index (χ3n) is 2.14. The summed E-state index contributed by atoms with van der Waals surface area (Å²) in [4.78, 5) is 12.9. The van der Waals surface area contributed by atoms with E-state index in [1.807, 2.05) is 30.3 Å².